The molecule has 3 heterocycles. The third-order valence-electron chi connectivity index (χ3n) is 5.59. The van der Waals surface area contributed by atoms with Gasteiger partial charge in [-0.2, -0.15) is 4.98 Å². The molecule has 218 valence electrons. The van der Waals surface area contributed by atoms with Crippen molar-refractivity contribution in [2.24, 2.45) is 4.95 Å². The molecule has 1 atom stereocenters. The van der Waals surface area contributed by atoms with Gasteiger partial charge in [-0.25, -0.2) is 18.9 Å². The third kappa shape index (κ3) is 6.26. The highest BCUT2D eigenvalue weighted by Gasteiger charge is 2.43. The summed E-state index contributed by atoms with van der Waals surface area (Å²) in [5.74, 6) is -0.699. The third-order valence-corrected chi connectivity index (χ3v) is 6.25. The molecule has 0 saturated heterocycles. The molecule has 3 aromatic rings. The van der Waals surface area contributed by atoms with Crippen LogP contribution in [0.3, 0.4) is 0 Å². The number of rotatable bonds is 11. The minimum Gasteiger partial charge on any atom is -0.493 e. The van der Waals surface area contributed by atoms with Gasteiger partial charge in [-0.1, -0.05) is 0 Å². The van der Waals surface area contributed by atoms with Crippen LogP contribution in [0.15, 0.2) is 35.4 Å². The second-order valence-electron chi connectivity index (χ2n) is 8.75. The molecule has 1 aromatic carbocycles. The Bertz CT molecular complexity index is 1520. The van der Waals surface area contributed by atoms with Crippen molar-refractivity contribution in [3.05, 3.63) is 41.2 Å². The van der Waals surface area contributed by atoms with Gasteiger partial charge in [0.05, 0.1) is 27.5 Å². The van der Waals surface area contributed by atoms with Crippen molar-refractivity contribution in [3.8, 4) is 23.0 Å². The maximum absolute atomic E-state index is 14.7. The van der Waals surface area contributed by atoms with E-state index in [0.717, 1.165) is 11.1 Å². The number of halogens is 1. The summed E-state index contributed by atoms with van der Waals surface area (Å²) in [5, 5.41) is 5.63. The second-order valence-corrected chi connectivity index (χ2v) is 10.2. The number of methoxy groups -OCH3 is 3. The number of nitroso groups, excluding NO2 is 1. The number of ether oxygens (including phenoxy) is 4. The highest BCUT2D eigenvalue weighted by atomic mass is 31.2. The van der Waals surface area contributed by atoms with E-state index < -0.39 is 31.8 Å². The summed E-state index contributed by atoms with van der Waals surface area (Å²) >= 11 is 0. The lowest BCUT2D eigenvalue weighted by molar-refractivity contribution is -0.133. The minimum atomic E-state index is -4.85. The number of fused-ring (bicyclic) bond motifs is 1. The smallest absolute Gasteiger partial charge is 0.488 e. The minimum absolute atomic E-state index is 0.00326. The molecular formula is C23H25FN7O9P. The fourth-order valence-corrected chi connectivity index (χ4v) is 4.03. The number of nitrogens with one attached hydrogen (secondary N) is 2. The van der Waals surface area contributed by atoms with E-state index in [1.807, 2.05) is 4.95 Å². The summed E-state index contributed by atoms with van der Waals surface area (Å²) in [6.45, 7) is 2.10. The van der Waals surface area contributed by atoms with E-state index in [1.54, 1.807) is 12.1 Å². The van der Waals surface area contributed by atoms with Crippen molar-refractivity contribution < 1.29 is 42.1 Å². The van der Waals surface area contributed by atoms with Crippen molar-refractivity contribution in [2.75, 3.05) is 43.6 Å². The van der Waals surface area contributed by atoms with Crippen LogP contribution in [0, 0.1) is 10.7 Å². The monoisotopic (exact) mass is 593 g/mol. The number of aromatic nitrogens is 3. The zero-order valence-electron chi connectivity index (χ0n) is 22.4. The van der Waals surface area contributed by atoms with Crippen molar-refractivity contribution in [1.29, 1.82) is 0 Å². The molecule has 0 bridgehead atoms. The molecule has 16 nitrogen and oxygen atoms in total. The number of hydrogen-bond acceptors (Lipinski definition) is 13. The zero-order valence-corrected chi connectivity index (χ0v) is 23.3. The Morgan fingerprint density at radius 2 is 1.80 bits per heavy atom. The SMILES string of the molecule is COc1cc(Nc2ncc(F)c(Nc3ccc4c(n3)N(COP(=O)(O)N=O)C(=O)C(C)(C)O4)n2)cc(OC)c1OC. The van der Waals surface area contributed by atoms with Gasteiger partial charge in [0, 0.05) is 22.8 Å². The van der Waals surface area contributed by atoms with Crippen LogP contribution in [-0.2, 0) is 13.9 Å². The van der Waals surface area contributed by atoms with Crippen molar-refractivity contribution >= 4 is 42.7 Å². The Morgan fingerprint density at radius 3 is 2.41 bits per heavy atom. The van der Waals surface area contributed by atoms with E-state index in [9.17, 15) is 23.6 Å². The molecular weight excluding hydrogens is 568 g/mol. The summed E-state index contributed by atoms with van der Waals surface area (Å²) in [6, 6.07) is 6.08. The van der Waals surface area contributed by atoms with Crippen LogP contribution in [0.5, 0.6) is 23.0 Å². The lowest BCUT2D eigenvalue weighted by atomic mass is 10.1. The van der Waals surface area contributed by atoms with E-state index in [4.69, 9.17) is 18.9 Å². The first-order valence-electron chi connectivity index (χ1n) is 11.6. The molecule has 1 aliphatic heterocycles. The Morgan fingerprint density at radius 1 is 1.12 bits per heavy atom. The summed E-state index contributed by atoms with van der Waals surface area (Å²) in [6.07, 6.45) is 0.925. The van der Waals surface area contributed by atoms with Crippen LogP contribution in [0.25, 0.3) is 0 Å². The molecule has 3 N–H and O–H groups in total. The van der Waals surface area contributed by atoms with Gasteiger partial charge < -0.3 is 34.5 Å². The van der Waals surface area contributed by atoms with E-state index in [-0.39, 0.29) is 29.2 Å². The van der Waals surface area contributed by atoms with Gasteiger partial charge in [-0.3, -0.25) is 14.2 Å². The lowest BCUT2D eigenvalue weighted by Crippen LogP contribution is -2.53. The number of carbonyl (C=O) groups excluding carboxylic acids is 1. The van der Waals surface area contributed by atoms with E-state index in [1.165, 1.54) is 47.3 Å². The molecule has 2 aromatic heterocycles. The first-order chi connectivity index (χ1) is 19.4. The fourth-order valence-electron chi connectivity index (χ4n) is 3.71. The van der Waals surface area contributed by atoms with Gasteiger partial charge in [-0.15, -0.1) is 4.91 Å². The molecule has 1 aliphatic rings. The Labute approximate surface area is 232 Å². The number of hydrogen-bond donors (Lipinski definition) is 3. The molecule has 0 spiro atoms. The summed E-state index contributed by atoms with van der Waals surface area (Å²) < 4.78 is 52.6. The van der Waals surface area contributed by atoms with Gasteiger partial charge in [0.2, 0.25) is 11.7 Å². The fraction of sp³-hybridized carbons (Fsp3) is 0.304. The van der Waals surface area contributed by atoms with E-state index in [2.05, 4.69) is 30.1 Å². The van der Waals surface area contributed by atoms with Gasteiger partial charge in [0.15, 0.2) is 40.3 Å². The number of carbonyl (C=O) groups is 1. The quantitative estimate of drug-likeness (QED) is 0.214. The molecule has 41 heavy (non-hydrogen) atoms. The average molecular weight is 593 g/mol. The molecule has 0 saturated carbocycles. The molecule has 18 heteroatoms. The predicted octanol–water partition coefficient (Wildman–Crippen LogP) is 3.87. The predicted molar refractivity (Wildman–Crippen MR) is 143 cm³/mol. The van der Waals surface area contributed by atoms with Crippen LogP contribution >= 0.6 is 7.75 Å². The van der Waals surface area contributed by atoms with E-state index in [0.29, 0.717) is 22.9 Å². The van der Waals surface area contributed by atoms with Gasteiger partial charge in [-0.05, 0) is 26.0 Å². The molecule has 4 rings (SSSR count). The number of anilines is 5. The van der Waals surface area contributed by atoms with Crippen molar-refractivity contribution in [1.82, 2.24) is 15.0 Å². The largest absolute Gasteiger partial charge is 0.493 e. The standard InChI is InChI=1S/C23H25FN7O9P/c1-23(2)21(32)31(11-39-41(34,35)30-33)20-14(40-23)6-7-17(28-20)27-19-13(24)10-25-22(29-19)26-12-8-15(36-3)18(38-5)16(9-12)37-4/h6-10H,11H2,1-5H3,(H,34,35)(H2,25,26,27,28,29). The van der Waals surface area contributed by atoms with Crippen molar-refractivity contribution in [3.63, 3.8) is 0 Å². The molecule has 0 radical (unpaired) electrons. The number of pyridine rings is 1. The first kappa shape index (κ1) is 29.4. The highest BCUT2D eigenvalue weighted by Crippen LogP contribution is 2.45. The van der Waals surface area contributed by atoms with E-state index >= 15 is 0 Å². The average Bonchev–Trinajstić information content (AvgIpc) is 2.94. The molecule has 0 aliphatic carbocycles. The Balaban J connectivity index is 1.63. The molecule has 1 amide bonds. The molecule has 1 unspecified atom stereocenters. The van der Waals surface area contributed by atoms with Crippen LogP contribution < -0.4 is 34.5 Å². The zero-order chi connectivity index (χ0) is 29.9. The van der Waals surface area contributed by atoms with Gasteiger partial charge in [0.25, 0.3) is 5.91 Å². The van der Waals surface area contributed by atoms with Crippen LogP contribution in [0.4, 0.5) is 33.5 Å². The van der Waals surface area contributed by atoms with Crippen LogP contribution in [0.2, 0.25) is 0 Å². The Kier molecular flexibility index (Phi) is 8.23. The second kappa shape index (κ2) is 11.5. The van der Waals surface area contributed by atoms with Crippen LogP contribution in [-0.4, -0.2) is 59.4 Å². The van der Waals surface area contributed by atoms with Crippen molar-refractivity contribution in [2.45, 2.75) is 19.4 Å². The number of nitrogens with zero attached hydrogens (tertiary/aromatic N) is 5. The molecule has 0 fully saturated rings. The number of amides is 1. The highest BCUT2D eigenvalue weighted by molar-refractivity contribution is 7.51. The lowest BCUT2D eigenvalue weighted by Gasteiger charge is -2.37. The normalized spacial score (nSPS) is 15.2. The maximum Gasteiger partial charge on any atom is 0.488 e. The summed E-state index contributed by atoms with van der Waals surface area (Å²) in [7, 11) is -0.472. The topological polar surface area (TPSA) is 196 Å². The Hall–Kier alpha value is -4.60. The van der Waals surface area contributed by atoms with Gasteiger partial charge in [0.1, 0.15) is 12.5 Å². The van der Waals surface area contributed by atoms with Crippen LogP contribution in [0.1, 0.15) is 13.8 Å². The number of benzene rings is 1. The maximum atomic E-state index is 14.7. The van der Waals surface area contributed by atoms with Gasteiger partial charge >= 0.3 is 7.75 Å². The summed E-state index contributed by atoms with van der Waals surface area (Å²) in [5.41, 5.74) is -0.948. The summed E-state index contributed by atoms with van der Waals surface area (Å²) in [4.78, 5) is 48.2. The first-order valence-corrected chi connectivity index (χ1v) is 13.1.